The number of rotatable bonds is 9. The first-order valence-electron chi connectivity index (χ1n) is 10.0. The fraction of sp³-hybridized carbons (Fsp3) is 0.842. The van der Waals surface area contributed by atoms with E-state index < -0.39 is 0 Å². The second kappa shape index (κ2) is 10.7. The molecule has 2 aliphatic heterocycles. The van der Waals surface area contributed by atoms with Crippen LogP contribution in [0.1, 0.15) is 56.3 Å². The predicted molar refractivity (Wildman–Crippen MR) is 97.2 cm³/mol. The first-order chi connectivity index (χ1) is 13.3. The van der Waals surface area contributed by atoms with Gasteiger partial charge in [-0.2, -0.15) is 4.98 Å². The molecule has 8 nitrogen and oxygen atoms in total. The lowest BCUT2D eigenvalue weighted by molar-refractivity contribution is -0.136. The Labute approximate surface area is 160 Å². The van der Waals surface area contributed by atoms with Crippen molar-refractivity contribution in [2.24, 2.45) is 5.92 Å². The molecular formula is C19H31N3O5. The van der Waals surface area contributed by atoms with Crippen molar-refractivity contribution < 1.29 is 23.5 Å². The van der Waals surface area contributed by atoms with Gasteiger partial charge in [0, 0.05) is 39.9 Å². The van der Waals surface area contributed by atoms with Crippen LogP contribution in [0.3, 0.4) is 0 Å². The van der Waals surface area contributed by atoms with E-state index in [2.05, 4.69) is 10.1 Å². The number of piperidine rings is 1. The zero-order chi connectivity index (χ0) is 18.9. The van der Waals surface area contributed by atoms with Gasteiger partial charge in [0.25, 0.3) is 0 Å². The quantitative estimate of drug-likeness (QED) is 0.606. The van der Waals surface area contributed by atoms with Crippen molar-refractivity contribution in [1.29, 1.82) is 0 Å². The third-order valence-electron chi connectivity index (χ3n) is 5.28. The van der Waals surface area contributed by atoms with Crippen molar-refractivity contribution in [3.8, 4) is 0 Å². The number of likely N-dealkylation sites (tertiary alicyclic amines) is 1. The summed E-state index contributed by atoms with van der Waals surface area (Å²) in [7, 11) is 1.61. The fourth-order valence-corrected chi connectivity index (χ4v) is 3.65. The summed E-state index contributed by atoms with van der Waals surface area (Å²) < 4.78 is 21.6. The predicted octanol–water partition coefficient (Wildman–Crippen LogP) is 2.15. The van der Waals surface area contributed by atoms with Crippen molar-refractivity contribution in [3.05, 3.63) is 11.7 Å². The Balaban J connectivity index is 1.47. The molecular weight excluding hydrogens is 350 g/mol. The summed E-state index contributed by atoms with van der Waals surface area (Å²) in [6, 6.07) is -0.118. The molecule has 152 valence electrons. The summed E-state index contributed by atoms with van der Waals surface area (Å²) in [5.41, 5.74) is 0. The van der Waals surface area contributed by atoms with Crippen molar-refractivity contribution in [3.63, 3.8) is 0 Å². The molecule has 3 rings (SSSR count). The van der Waals surface area contributed by atoms with E-state index >= 15 is 0 Å². The SMILES string of the molecule is COCCC(=O)N1CCCCC1c1nc(CCOCC2CCOCC2)no1. The minimum absolute atomic E-state index is 0.0843. The highest BCUT2D eigenvalue weighted by Gasteiger charge is 2.31. The van der Waals surface area contributed by atoms with Crippen LogP contribution in [0.2, 0.25) is 0 Å². The smallest absolute Gasteiger partial charge is 0.249 e. The highest BCUT2D eigenvalue weighted by molar-refractivity contribution is 5.76. The van der Waals surface area contributed by atoms with E-state index in [1.54, 1.807) is 7.11 Å². The molecule has 2 fully saturated rings. The number of amides is 1. The number of carbonyl (C=O) groups excluding carboxylic acids is 1. The van der Waals surface area contributed by atoms with Gasteiger partial charge in [0.15, 0.2) is 5.82 Å². The van der Waals surface area contributed by atoms with Crippen molar-refractivity contribution in [1.82, 2.24) is 15.0 Å². The van der Waals surface area contributed by atoms with Crippen LogP contribution in [0.5, 0.6) is 0 Å². The monoisotopic (exact) mass is 381 g/mol. The first kappa shape index (κ1) is 20.2. The molecule has 1 unspecified atom stereocenters. The lowest BCUT2D eigenvalue weighted by Gasteiger charge is -2.33. The zero-order valence-electron chi connectivity index (χ0n) is 16.2. The van der Waals surface area contributed by atoms with Gasteiger partial charge in [-0.25, -0.2) is 0 Å². The standard InChI is InChI=1S/C19H31N3O5/c1-24-10-8-18(23)22-9-3-2-4-16(22)19-20-17(21-27-19)7-13-26-14-15-5-11-25-12-6-15/h15-16H,2-14H2,1H3. The molecule has 1 atom stereocenters. The maximum Gasteiger partial charge on any atom is 0.249 e. The van der Waals surface area contributed by atoms with E-state index in [0.29, 0.717) is 43.7 Å². The summed E-state index contributed by atoms with van der Waals surface area (Å²) in [5.74, 6) is 1.86. The van der Waals surface area contributed by atoms with Gasteiger partial charge >= 0.3 is 0 Å². The molecule has 3 heterocycles. The molecule has 0 bridgehead atoms. The van der Waals surface area contributed by atoms with Gasteiger partial charge < -0.3 is 23.6 Å². The van der Waals surface area contributed by atoms with Crippen molar-refractivity contribution in [2.45, 2.75) is 51.0 Å². The number of hydrogen-bond donors (Lipinski definition) is 0. The number of nitrogens with zero attached hydrogens (tertiary/aromatic N) is 3. The van der Waals surface area contributed by atoms with Crippen LogP contribution in [0.4, 0.5) is 0 Å². The van der Waals surface area contributed by atoms with E-state index in [1.165, 1.54) is 0 Å². The average molecular weight is 381 g/mol. The van der Waals surface area contributed by atoms with Gasteiger partial charge in [-0.3, -0.25) is 4.79 Å². The van der Waals surface area contributed by atoms with E-state index in [0.717, 1.165) is 58.5 Å². The molecule has 0 radical (unpaired) electrons. The Morgan fingerprint density at radius 1 is 1.22 bits per heavy atom. The van der Waals surface area contributed by atoms with Gasteiger partial charge in [0.1, 0.15) is 6.04 Å². The third-order valence-corrected chi connectivity index (χ3v) is 5.28. The second-order valence-electron chi connectivity index (χ2n) is 7.27. The molecule has 0 aromatic carbocycles. The minimum atomic E-state index is -0.118. The summed E-state index contributed by atoms with van der Waals surface area (Å²) in [6.45, 7) is 4.18. The van der Waals surface area contributed by atoms with Crippen LogP contribution in [-0.4, -0.2) is 67.6 Å². The maximum absolute atomic E-state index is 12.4. The van der Waals surface area contributed by atoms with E-state index in [-0.39, 0.29) is 11.9 Å². The van der Waals surface area contributed by atoms with Gasteiger partial charge in [-0.05, 0) is 38.0 Å². The number of carbonyl (C=O) groups is 1. The molecule has 0 N–H and O–H groups in total. The summed E-state index contributed by atoms with van der Waals surface area (Å²) in [6.07, 6.45) is 6.08. The molecule has 0 spiro atoms. The molecule has 1 aromatic rings. The number of aromatic nitrogens is 2. The van der Waals surface area contributed by atoms with Crippen molar-refractivity contribution in [2.75, 3.05) is 46.7 Å². The zero-order valence-corrected chi connectivity index (χ0v) is 16.2. The molecule has 8 heteroatoms. The molecule has 2 saturated heterocycles. The molecule has 27 heavy (non-hydrogen) atoms. The Bertz CT molecular complexity index is 573. The maximum atomic E-state index is 12.4. The Morgan fingerprint density at radius 3 is 2.89 bits per heavy atom. The van der Waals surface area contributed by atoms with Gasteiger partial charge in [-0.1, -0.05) is 5.16 Å². The summed E-state index contributed by atoms with van der Waals surface area (Å²) in [5, 5.41) is 4.08. The van der Waals surface area contributed by atoms with E-state index in [1.807, 2.05) is 4.90 Å². The summed E-state index contributed by atoms with van der Waals surface area (Å²) in [4.78, 5) is 18.8. The number of methoxy groups -OCH3 is 1. The first-order valence-corrected chi connectivity index (χ1v) is 10.0. The largest absolute Gasteiger partial charge is 0.384 e. The number of ether oxygens (including phenoxy) is 3. The van der Waals surface area contributed by atoms with Crippen LogP contribution in [0.15, 0.2) is 4.52 Å². The molecule has 1 aromatic heterocycles. The number of hydrogen-bond acceptors (Lipinski definition) is 7. The van der Waals surface area contributed by atoms with Crippen LogP contribution >= 0.6 is 0 Å². The van der Waals surface area contributed by atoms with Crippen LogP contribution in [0.25, 0.3) is 0 Å². The third kappa shape index (κ3) is 5.99. The highest BCUT2D eigenvalue weighted by Crippen LogP contribution is 2.30. The van der Waals surface area contributed by atoms with Crippen LogP contribution < -0.4 is 0 Å². The van der Waals surface area contributed by atoms with Crippen LogP contribution in [-0.2, 0) is 25.4 Å². The highest BCUT2D eigenvalue weighted by atomic mass is 16.5. The Kier molecular flexibility index (Phi) is 8.04. The lowest BCUT2D eigenvalue weighted by atomic mass is 10.0. The Morgan fingerprint density at radius 2 is 2.07 bits per heavy atom. The topological polar surface area (TPSA) is 86.9 Å². The van der Waals surface area contributed by atoms with Gasteiger partial charge in [0.05, 0.1) is 19.6 Å². The second-order valence-corrected chi connectivity index (χ2v) is 7.27. The van der Waals surface area contributed by atoms with Gasteiger partial charge in [0.2, 0.25) is 11.8 Å². The van der Waals surface area contributed by atoms with Gasteiger partial charge in [-0.15, -0.1) is 0 Å². The van der Waals surface area contributed by atoms with Crippen molar-refractivity contribution >= 4 is 5.91 Å². The molecule has 1 amide bonds. The van der Waals surface area contributed by atoms with E-state index in [4.69, 9.17) is 18.7 Å². The Hall–Kier alpha value is -1.51. The fourth-order valence-electron chi connectivity index (χ4n) is 3.65. The molecule has 0 aliphatic carbocycles. The normalized spacial score (nSPS) is 21.5. The average Bonchev–Trinajstić information content (AvgIpc) is 3.19. The van der Waals surface area contributed by atoms with E-state index in [9.17, 15) is 4.79 Å². The molecule has 2 aliphatic rings. The minimum Gasteiger partial charge on any atom is -0.384 e. The van der Waals surface area contributed by atoms with Crippen LogP contribution in [0, 0.1) is 5.92 Å². The summed E-state index contributed by atoms with van der Waals surface area (Å²) >= 11 is 0. The molecule has 0 saturated carbocycles. The lowest BCUT2D eigenvalue weighted by Crippen LogP contribution is -2.39.